The Bertz CT molecular complexity index is 296. The smallest absolute Gasteiger partial charge is 0.303 e. The largest absolute Gasteiger partial charge is 0.498 e. The maximum atomic E-state index is 9.73. The summed E-state index contributed by atoms with van der Waals surface area (Å²) in [4.78, 5) is 0. The van der Waals surface area contributed by atoms with Crippen LogP contribution in [0.4, 0.5) is 0 Å². The lowest BCUT2D eigenvalue weighted by Gasteiger charge is -1.95. The van der Waals surface area contributed by atoms with Gasteiger partial charge in [-0.2, -0.15) is 0 Å². The molecule has 0 bridgehead atoms. The first-order valence-electron chi connectivity index (χ1n) is 3.44. The third kappa shape index (κ3) is 1.98. The summed E-state index contributed by atoms with van der Waals surface area (Å²) in [5.74, 6) is 0. The van der Waals surface area contributed by atoms with Gasteiger partial charge in [-0.15, -0.1) is 0 Å². The molecule has 1 aromatic carbocycles. The molecule has 0 saturated heterocycles. The van der Waals surface area contributed by atoms with Gasteiger partial charge in [0.25, 0.3) is 0 Å². The molecule has 0 aromatic heterocycles. The summed E-state index contributed by atoms with van der Waals surface area (Å²) in [6.07, 6.45) is 0.510. The molecule has 2 nitrogen and oxygen atoms in total. The van der Waals surface area contributed by atoms with Crippen LogP contribution in [0.2, 0.25) is 0 Å². The van der Waals surface area contributed by atoms with Gasteiger partial charge in [0.15, 0.2) is 0 Å². The Labute approximate surface area is 65.9 Å². The zero-order chi connectivity index (χ0) is 8.10. The maximum Gasteiger partial charge on any atom is 0.303 e. The Balaban J connectivity index is 2.83. The molecular weight excluding hydrogens is 138 g/mol. The standard InChI is InChI=1S/C9H9NO/c1-8-4-2-3-5-9(8)6-7-10-11/h2-5H,6H2,1H3. The summed E-state index contributed by atoms with van der Waals surface area (Å²) in [5, 5.41) is 12.3. The quantitative estimate of drug-likeness (QED) is 0.560. The van der Waals surface area contributed by atoms with Crippen LogP contribution >= 0.6 is 0 Å². The first-order chi connectivity index (χ1) is 5.34. The summed E-state index contributed by atoms with van der Waals surface area (Å²) < 4.78 is 0. The van der Waals surface area contributed by atoms with Crippen LogP contribution < -0.4 is 0 Å². The van der Waals surface area contributed by atoms with Crippen LogP contribution in [0, 0.1) is 18.2 Å². The molecule has 0 amide bonds. The predicted octanol–water partition coefficient (Wildman–Crippen LogP) is 2.37. The lowest BCUT2D eigenvalue weighted by molar-refractivity contribution is 1.24. The van der Waals surface area contributed by atoms with E-state index in [-0.39, 0.29) is 0 Å². The van der Waals surface area contributed by atoms with Gasteiger partial charge in [0.05, 0.1) is 0 Å². The minimum absolute atomic E-state index is 0.510. The summed E-state index contributed by atoms with van der Waals surface area (Å²) in [6.45, 7) is 2.00. The van der Waals surface area contributed by atoms with Crippen LogP contribution in [-0.2, 0) is 6.42 Å². The lowest BCUT2D eigenvalue weighted by atomic mass is 10.1. The van der Waals surface area contributed by atoms with E-state index in [1.54, 1.807) is 0 Å². The monoisotopic (exact) mass is 147 g/mol. The maximum absolute atomic E-state index is 9.73. The molecule has 0 aliphatic carbocycles. The molecule has 0 aliphatic heterocycles. The molecule has 0 radical (unpaired) electrons. The average Bonchev–Trinajstić information content (AvgIpc) is 2.03. The zero-order valence-corrected chi connectivity index (χ0v) is 6.37. The first-order valence-corrected chi connectivity index (χ1v) is 3.44. The third-order valence-corrected chi connectivity index (χ3v) is 1.60. The SMILES string of the molecule is Cc1ccccc1CC#[N+][O-]. The van der Waals surface area contributed by atoms with Crippen molar-refractivity contribution in [2.45, 2.75) is 13.3 Å². The van der Waals surface area contributed by atoms with Crippen molar-refractivity contribution in [2.24, 2.45) is 0 Å². The molecule has 0 fully saturated rings. The molecule has 0 atom stereocenters. The van der Waals surface area contributed by atoms with Gasteiger partial charge in [-0.3, -0.25) is 0 Å². The van der Waals surface area contributed by atoms with Crippen molar-refractivity contribution >= 4 is 0 Å². The fourth-order valence-corrected chi connectivity index (χ4v) is 0.926. The minimum Gasteiger partial charge on any atom is -0.498 e. The molecule has 0 heterocycles. The number of hydrogen-bond acceptors (Lipinski definition) is 1. The molecule has 0 N–H and O–H groups in total. The van der Waals surface area contributed by atoms with Gasteiger partial charge >= 0.3 is 6.07 Å². The number of rotatable bonds is 1. The lowest BCUT2D eigenvalue weighted by Crippen LogP contribution is -1.84. The molecular formula is C9H9NO. The van der Waals surface area contributed by atoms with Crippen molar-refractivity contribution in [3.05, 3.63) is 45.6 Å². The van der Waals surface area contributed by atoms with Gasteiger partial charge in [-0.1, -0.05) is 24.3 Å². The Kier molecular flexibility index (Phi) is 2.51. The predicted molar refractivity (Wildman–Crippen MR) is 45.5 cm³/mol. The van der Waals surface area contributed by atoms with Crippen LogP contribution in [0.5, 0.6) is 0 Å². The second-order valence-corrected chi connectivity index (χ2v) is 2.35. The van der Waals surface area contributed by atoms with Crippen LogP contribution in [0.25, 0.3) is 5.01 Å². The van der Waals surface area contributed by atoms with E-state index >= 15 is 0 Å². The molecule has 1 rings (SSSR count). The van der Waals surface area contributed by atoms with Crippen LogP contribution in [0.1, 0.15) is 11.1 Å². The van der Waals surface area contributed by atoms with E-state index in [0.717, 1.165) is 5.56 Å². The number of benzene rings is 1. The van der Waals surface area contributed by atoms with E-state index in [4.69, 9.17) is 0 Å². The highest BCUT2D eigenvalue weighted by Crippen LogP contribution is 2.06. The van der Waals surface area contributed by atoms with Gasteiger partial charge in [0, 0.05) is 5.01 Å². The van der Waals surface area contributed by atoms with E-state index in [1.807, 2.05) is 31.2 Å². The summed E-state index contributed by atoms with van der Waals surface area (Å²) in [7, 11) is 0. The van der Waals surface area contributed by atoms with E-state index in [1.165, 1.54) is 5.56 Å². The third-order valence-electron chi connectivity index (χ3n) is 1.60. The van der Waals surface area contributed by atoms with Crippen LogP contribution in [0.15, 0.2) is 24.3 Å². The average molecular weight is 147 g/mol. The summed E-state index contributed by atoms with van der Waals surface area (Å²) >= 11 is 0. The van der Waals surface area contributed by atoms with Crippen LogP contribution in [-0.4, -0.2) is 0 Å². The highest BCUT2D eigenvalue weighted by Gasteiger charge is 1.96. The van der Waals surface area contributed by atoms with E-state index in [2.05, 4.69) is 11.1 Å². The second-order valence-electron chi connectivity index (χ2n) is 2.35. The molecule has 1 aromatic rings. The highest BCUT2D eigenvalue weighted by atomic mass is 16.4. The number of aryl methyl sites for hydroxylation is 1. The van der Waals surface area contributed by atoms with E-state index in [0.29, 0.717) is 6.42 Å². The number of hydrogen-bond donors (Lipinski definition) is 0. The second kappa shape index (κ2) is 3.62. The fourth-order valence-electron chi connectivity index (χ4n) is 0.926. The van der Waals surface area contributed by atoms with Crippen molar-refractivity contribution in [3.63, 3.8) is 0 Å². The van der Waals surface area contributed by atoms with E-state index < -0.39 is 0 Å². The van der Waals surface area contributed by atoms with Crippen molar-refractivity contribution in [1.29, 1.82) is 0 Å². The number of nitrogens with zero attached hydrogens (tertiary/aromatic N) is 1. The minimum atomic E-state index is 0.510. The van der Waals surface area contributed by atoms with Crippen molar-refractivity contribution in [2.75, 3.05) is 0 Å². The van der Waals surface area contributed by atoms with Crippen molar-refractivity contribution < 1.29 is 0 Å². The fraction of sp³-hybridized carbons (Fsp3) is 0.222. The summed E-state index contributed by atoms with van der Waals surface area (Å²) in [6, 6.07) is 10.2. The molecule has 0 aliphatic rings. The van der Waals surface area contributed by atoms with Gasteiger partial charge in [-0.05, 0) is 18.1 Å². The van der Waals surface area contributed by atoms with Gasteiger partial charge < -0.3 is 5.21 Å². The molecule has 11 heavy (non-hydrogen) atoms. The van der Waals surface area contributed by atoms with Crippen molar-refractivity contribution in [3.8, 4) is 6.07 Å². The molecule has 2 heteroatoms. The first kappa shape index (κ1) is 7.62. The van der Waals surface area contributed by atoms with Gasteiger partial charge in [0.2, 0.25) is 0 Å². The Morgan fingerprint density at radius 3 is 2.82 bits per heavy atom. The highest BCUT2D eigenvalue weighted by molar-refractivity contribution is 5.28. The Hall–Kier alpha value is -1.49. The molecule has 0 spiro atoms. The van der Waals surface area contributed by atoms with Gasteiger partial charge in [-0.25, -0.2) is 0 Å². The normalized spacial score (nSPS) is 8.45. The Morgan fingerprint density at radius 2 is 2.18 bits per heavy atom. The zero-order valence-electron chi connectivity index (χ0n) is 6.37. The molecule has 0 saturated carbocycles. The van der Waals surface area contributed by atoms with Crippen molar-refractivity contribution in [1.82, 2.24) is 0 Å². The molecule has 0 unspecified atom stereocenters. The van der Waals surface area contributed by atoms with Gasteiger partial charge in [0.1, 0.15) is 6.42 Å². The summed E-state index contributed by atoms with van der Waals surface area (Å²) in [5.41, 5.74) is 2.27. The Morgan fingerprint density at radius 1 is 1.45 bits per heavy atom. The van der Waals surface area contributed by atoms with E-state index in [9.17, 15) is 5.21 Å². The topological polar surface area (TPSA) is 27.4 Å². The van der Waals surface area contributed by atoms with Crippen LogP contribution in [0.3, 0.4) is 0 Å². The molecule has 56 valence electrons.